The van der Waals surface area contributed by atoms with Gasteiger partial charge in [-0.25, -0.2) is 19.9 Å². The van der Waals surface area contributed by atoms with Crippen molar-refractivity contribution in [2.45, 2.75) is 26.2 Å². The molecule has 0 radical (unpaired) electrons. The summed E-state index contributed by atoms with van der Waals surface area (Å²) in [6, 6.07) is 4.80. The third-order valence-electron chi connectivity index (χ3n) is 4.47. The average molecular weight is 431 g/mol. The zero-order chi connectivity index (χ0) is 22.2. The number of oxazole rings is 1. The molecule has 3 aromatic heterocycles. The van der Waals surface area contributed by atoms with Crippen molar-refractivity contribution in [3.63, 3.8) is 0 Å². The number of halogens is 3. The number of alkyl halides is 3. The lowest BCUT2D eigenvalue weighted by Gasteiger charge is -2.10. The molecule has 0 saturated carbocycles. The Morgan fingerprint density at radius 2 is 2.06 bits per heavy atom. The number of imidazole rings is 1. The Hall–Kier alpha value is -3.96. The summed E-state index contributed by atoms with van der Waals surface area (Å²) < 4.78 is 44.4. The molecular formula is C19H16F3N7O2. The van der Waals surface area contributed by atoms with Gasteiger partial charge in [0.15, 0.2) is 11.5 Å². The monoisotopic (exact) mass is 431 g/mol. The molecule has 160 valence electrons. The van der Waals surface area contributed by atoms with E-state index in [0.29, 0.717) is 28.0 Å². The van der Waals surface area contributed by atoms with E-state index in [0.717, 1.165) is 10.9 Å². The van der Waals surface area contributed by atoms with Gasteiger partial charge in [-0.1, -0.05) is 12.1 Å². The van der Waals surface area contributed by atoms with Crippen LogP contribution in [0.5, 0.6) is 0 Å². The van der Waals surface area contributed by atoms with Crippen LogP contribution in [0.4, 0.5) is 19.0 Å². The quantitative estimate of drug-likeness (QED) is 0.498. The van der Waals surface area contributed by atoms with Crippen molar-refractivity contribution >= 4 is 22.8 Å². The van der Waals surface area contributed by atoms with Crippen molar-refractivity contribution in [3.05, 3.63) is 53.9 Å². The van der Waals surface area contributed by atoms with Gasteiger partial charge in [-0.2, -0.15) is 13.2 Å². The predicted octanol–water partition coefficient (Wildman–Crippen LogP) is 2.86. The van der Waals surface area contributed by atoms with Gasteiger partial charge in [0.05, 0.1) is 29.3 Å². The number of nitrogens with zero attached hydrogens (tertiary/aromatic N) is 5. The molecule has 0 unspecified atom stereocenters. The van der Waals surface area contributed by atoms with E-state index in [1.54, 1.807) is 19.1 Å². The largest absolute Gasteiger partial charge is 0.443 e. The summed E-state index contributed by atoms with van der Waals surface area (Å²) in [6.45, 7) is 0.499. The first-order chi connectivity index (χ1) is 14.7. The van der Waals surface area contributed by atoms with Crippen molar-refractivity contribution < 1.29 is 22.4 Å². The van der Waals surface area contributed by atoms with E-state index >= 15 is 0 Å². The number of nitrogens with two attached hydrogens (primary N) is 1. The van der Waals surface area contributed by atoms with Gasteiger partial charge in [0.25, 0.3) is 5.91 Å². The topological polar surface area (TPSA) is 125 Å². The van der Waals surface area contributed by atoms with Gasteiger partial charge < -0.3 is 20.0 Å². The van der Waals surface area contributed by atoms with Crippen LogP contribution >= 0.6 is 0 Å². The van der Waals surface area contributed by atoms with Crippen LogP contribution in [0.2, 0.25) is 0 Å². The molecule has 0 aliphatic rings. The minimum Gasteiger partial charge on any atom is -0.443 e. The van der Waals surface area contributed by atoms with E-state index in [9.17, 15) is 18.0 Å². The van der Waals surface area contributed by atoms with Gasteiger partial charge in [-0.3, -0.25) is 4.79 Å². The van der Waals surface area contributed by atoms with Crippen LogP contribution in [0, 0.1) is 6.92 Å². The highest BCUT2D eigenvalue weighted by molar-refractivity contribution is 5.96. The van der Waals surface area contributed by atoms with Gasteiger partial charge in [0, 0.05) is 6.54 Å². The predicted molar refractivity (Wildman–Crippen MR) is 104 cm³/mol. The molecule has 9 nitrogen and oxygen atoms in total. The number of carbonyl (C=O) groups is 1. The highest BCUT2D eigenvalue weighted by Crippen LogP contribution is 2.24. The molecule has 0 aliphatic carbocycles. The van der Waals surface area contributed by atoms with Gasteiger partial charge in [-0.15, -0.1) is 0 Å². The Labute approximate surface area is 173 Å². The molecule has 0 saturated heterocycles. The number of para-hydroxylation sites is 1. The number of nitrogens with one attached hydrogen (secondary N) is 1. The normalized spacial score (nSPS) is 11.7. The van der Waals surface area contributed by atoms with Crippen molar-refractivity contribution in [1.82, 2.24) is 29.8 Å². The number of amides is 1. The molecular weight excluding hydrogens is 415 g/mol. The first kappa shape index (κ1) is 20.3. The summed E-state index contributed by atoms with van der Waals surface area (Å²) in [5.74, 6) is -0.465. The summed E-state index contributed by atoms with van der Waals surface area (Å²) in [5.41, 5.74) is 7.75. The Bertz CT molecular complexity index is 1250. The number of anilines is 1. The van der Waals surface area contributed by atoms with E-state index in [1.807, 2.05) is 0 Å². The smallest absolute Gasteiger partial charge is 0.406 e. The van der Waals surface area contributed by atoms with Crippen LogP contribution in [-0.2, 0) is 13.1 Å². The van der Waals surface area contributed by atoms with E-state index in [2.05, 4.69) is 25.3 Å². The fraction of sp³-hybridized carbons (Fsp3) is 0.211. The number of carbonyl (C=O) groups excluding carboxylic acids is 1. The zero-order valence-electron chi connectivity index (χ0n) is 16.1. The molecule has 1 aromatic carbocycles. The zero-order valence-corrected chi connectivity index (χ0v) is 16.1. The Morgan fingerprint density at radius 3 is 2.77 bits per heavy atom. The number of fused-ring (bicyclic) bond motifs is 1. The second-order valence-corrected chi connectivity index (χ2v) is 6.68. The maximum atomic E-state index is 12.7. The molecule has 0 aliphatic heterocycles. The van der Waals surface area contributed by atoms with Crippen molar-refractivity contribution in [3.8, 4) is 11.6 Å². The molecule has 3 N–H and O–H groups in total. The lowest BCUT2D eigenvalue weighted by Crippen LogP contribution is -2.26. The van der Waals surface area contributed by atoms with E-state index in [-0.39, 0.29) is 23.9 Å². The Balaban J connectivity index is 1.54. The number of hydrogen-bond acceptors (Lipinski definition) is 7. The number of aromatic nitrogens is 5. The molecule has 31 heavy (non-hydrogen) atoms. The molecule has 0 spiro atoms. The summed E-state index contributed by atoms with van der Waals surface area (Å²) in [7, 11) is 0. The van der Waals surface area contributed by atoms with Crippen molar-refractivity contribution in [1.29, 1.82) is 0 Å². The molecule has 12 heteroatoms. The fourth-order valence-electron chi connectivity index (χ4n) is 3.11. The summed E-state index contributed by atoms with van der Waals surface area (Å²) in [5, 5.41) is 2.66. The molecule has 4 rings (SSSR count). The molecule has 0 bridgehead atoms. The highest BCUT2D eigenvalue weighted by atomic mass is 19.4. The van der Waals surface area contributed by atoms with E-state index in [4.69, 9.17) is 10.2 Å². The number of hydrogen-bond donors (Lipinski definition) is 2. The lowest BCUT2D eigenvalue weighted by molar-refractivity contribution is -0.139. The average Bonchev–Trinajstić information content (AvgIpc) is 3.37. The third-order valence-corrected chi connectivity index (χ3v) is 4.47. The summed E-state index contributed by atoms with van der Waals surface area (Å²) >= 11 is 0. The highest BCUT2D eigenvalue weighted by Gasteiger charge is 2.28. The van der Waals surface area contributed by atoms with Crippen LogP contribution in [0.3, 0.4) is 0 Å². The fourth-order valence-corrected chi connectivity index (χ4v) is 3.11. The molecule has 3 heterocycles. The number of rotatable bonds is 5. The summed E-state index contributed by atoms with van der Waals surface area (Å²) in [6.07, 6.45) is -0.422. The first-order valence-corrected chi connectivity index (χ1v) is 9.04. The van der Waals surface area contributed by atoms with Crippen LogP contribution in [0.15, 0.2) is 41.4 Å². The van der Waals surface area contributed by atoms with E-state index < -0.39 is 18.6 Å². The van der Waals surface area contributed by atoms with Crippen LogP contribution < -0.4 is 11.1 Å². The Kier molecular flexibility index (Phi) is 5.05. The van der Waals surface area contributed by atoms with Gasteiger partial charge in [-0.05, 0) is 18.6 Å². The van der Waals surface area contributed by atoms with Gasteiger partial charge in [0.1, 0.15) is 18.5 Å². The lowest BCUT2D eigenvalue weighted by atomic mass is 10.1. The van der Waals surface area contributed by atoms with E-state index in [1.165, 1.54) is 18.5 Å². The van der Waals surface area contributed by atoms with Crippen LogP contribution in [0.25, 0.3) is 22.6 Å². The minimum absolute atomic E-state index is 0.0147. The second kappa shape index (κ2) is 7.70. The van der Waals surface area contributed by atoms with Crippen molar-refractivity contribution in [2.75, 3.05) is 5.73 Å². The first-order valence-electron chi connectivity index (χ1n) is 9.04. The number of benzene rings is 1. The SMILES string of the molecule is Cc1nc(C(=O)NCc2cccc3c2ncn3CC(F)(F)F)c(N)nc1-c1ncco1. The van der Waals surface area contributed by atoms with Crippen molar-refractivity contribution in [2.24, 2.45) is 0 Å². The Morgan fingerprint density at radius 1 is 1.26 bits per heavy atom. The maximum absolute atomic E-state index is 12.7. The molecule has 4 aromatic rings. The molecule has 0 atom stereocenters. The second-order valence-electron chi connectivity index (χ2n) is 6.68. The number of aryl methyl sites for hydroxylation is 1. The number of nitrogen functional groups attached to an aromatic ring is 1. The molecule has 1 amide bonds. The van der Waals surface area contributed by atoms with Crippen LogP contribution in [-0.4, -0.2) is 36.6 Å². The van der Waals surface area contributed by atoms with Gasteiger partial charge in [0.2, 0.25) is 5.89 Å². The molecule has 0 fully saturated rings. The van der Waals surface area contributed by atoms with Gasteiger partial charge >= 0.3 is 6.18 Å². The minimum atomic E-state index is -4.37. The third kappa shape index (κ3) is 4.17. The van der Waals surface area contributed by atoms with Crippen LogP contribution in [0.1, 0.15) is 21.7 Å². The maximum Gasteiger partial charge on any atom is 0.406 e. The standard InChI is InChI=1S/C19H16F3N7O2/c1-10-13(18-24-5-6-31-18)28-16(23)15(27-10)17(30)25-7-11-3-2-4-12-14(11)26-9-29(12)8-19(20,21)22/h2-6,9H,7-8H2,1H3,(H2,23,28)(H,25,30). The summed E-state index contributed by atoms with van der Waals surface area (Å²) in [4.78, 5) is 29.0.